The summed E-state index contributed by atoms with van der Waals surface area (Å²) >= 11 is 0. The van der Waals surface area contributed by atoms with Gasteiger partial charge in [-0.1, -0.05) is 6.07 Å². The molecule has 0 fully saturated rings. The van der Waals surface area contributed by atoms with Crippen LogP contribution < -0.4 is 5.32 Å². The number of carbonyl (C=O) groups excluding carboxylic acids is 1. The number of hydrogen-bond acceptors (Lipinski definition) is 2. The highest BCUT2D eigenvalue weighted by atomic mass is 16.1. The molecule has 0 bridgehead atoms. The number of rotatable bonds is 5. The highest BCUT2D eigenvalue weighted by Crippen LogP contribution is 2.09. The van der Waals surface area contributed by atoms with Crippen molar-refractivity contribution in [3.05, 3.63) is 52.8 Å². The lowest BCUT2D eigenvalue weighted by molar-refractivity contribution is 0.0953. The van der Waals surface area contributed by atoms with E-state index in [1.807, 2.05) is 44.4 Å². The lowest BCUT2D eigenvalue weighted by Crippen LogP contribution is -2.24. The van der Waals surface area contributed by atoms with Crippen LogP contribution in [0.2, 0.25) is 0 Å². The number of aryl methyl sites for hydroxylation is 3. The standard InChI is InChI=1S/C15H19N3O/c1-11-5-6-14(8-12(11)2)15(19)16-7-3-4-13-9-17-18-10-13/h5-6,8-10H,3-4,7H2,1-2H3,(H,16,19)(H,17,18). The van der Waals surface area contributed by atoms with Crippen LogP contribution in [0, 0.1) is 13.8 Å². The molecule has 4 heteroatoms. The normalized spacial score (nSPS) is 10.4. The summed E-state index contributed by atoms with van der Waals surface area (Å²) in [6, 6.07) is 5.78. The van der Waals surface area contributed by atoms with Gasteiger partial charge in [0.05, 0.1) is 6.20 Å². The molecule has 0 atom stereocenters. The van der Waals surface area contributed by atoms with Crippen LogP contribution in [-0.4, -0.2) is 22.6 Å². The average molecular weight is 257 g/mol. The number of aromatic nitrogens is 2. The summed E-state index contributed by atoms with van der Waals surface area (Å²) in [5.74, 6) is -0.00436. The Labute approximate surface area is 113 Å². The van der Waals surface area contributed by atoms with E-state index in [2.05, 4.69) is 15.5 Å². The van der Waals surface area contributed by atoms with Gasteiger partial charge in [0.15, 0.2) is 0 Å². The molecule has 0 unspecified atom stereocenters. The highest BCUT2D eigenvalue weighted by Gasteiger charge is 2.05. The van der Waals surface area contributed by atoms with Gasteiger partial charge in [-0.05, 0) is 55.5 Å². The first kappa shape index (κ1) is 13.3. The van der Waals surface area contributed by atoms with Gasteiger partial charge in [0, 0.05) is 18.3 Å². The van der Waals surface area contributed by atoms with E-state index < -0.39 is 0 Å². The minimum Gasteiger partial charge on any atom is -0.352 e. The van der Waals surface area contributed by atoms with Crippen LogP contribution in [0.4, 0.5) is 0 Å². The molecular formula is C15H19N3O. The Morgan fingerprint density at radius 1 is 1.32 bits per heavy atom. The predicted molar refractivity (Wildman–Crippen MR) is 75.2 cm³/mol. The summed E-state index contributed by atoms with van der Waals surface area (Å²) in [5, 5.41) is 9.61. The molecule has 2 aromatic rings. The van der Waals surface area contributed by atoms with Crippen molar-refractivity contribution in [2.75, 3.05) is 6.54 Å². The van der Waals surface area contributed by atoms with E-state index in [0.717, 1.165) is 24.0 Å². The van der Waals surface area contributed by atoms with Gasteiger partial charge in [0.2, 0.25) is 0 Å². The highest BCUT2D eigenvalue weighted by molar-refractivity contribution is 5.94. The maximum absolute atomic E-state index is 11.9. The Kier molecular flexibility index (Phi) is 4.34. The molecule has 100 valence electrons. The second kappa shape index (κ2) is 6.18. The summed E-state index contributed by atoms with van der Waals surface area (Å²) in [5.41, 5.74) is 4.24. The Morgan fingerprint density at radius 2 is 2.16 bits per heavy atom. The fourth-order valence-electron chi connectivity index (χ4n) is 1.89. The quantitative estimate of drug-likeness (QED) is 0.808. The van der Waals surface area contributed by atoms with E-state index >= 15 is 0 Å². The van der Waals surface area contributed by atoms with Gasteiger partial charge in [-0.2, -0.15) is 5.10 Å². The molecule has 0 aliphatic rings. The van der Waals surface area contributed by atoms with Crippen molar-refractivity contribution in [2.24, 2.45) is 0 Å². The molecule has 19 heavy (non-hydrogen) atoms. The van der Waals surface area contributed by atoms with Crippen molar-refractivity contribution in [1.82, 2.24) is 15.5 Å². The van der Waals surface area contributed by atoms with Crippen LogP contribution in [0.3, 0.4) is 0 Å². The molecule has 1 amide bonds. The number of benzene rings is 1. The van der Waals surface area contributed by atoms with Crippen molar-refractivity contribution in [2.45, 2.75) is 26.7 Å². The third kappa shape index (κ3) is 3.68. The van der Waals surface area contributed by atoms with Crippen LogP contribution in [0.1, 0.15) is 33.5 Å². The second-order valence-corrected chi connectivity index (χ2v) is 4.77. The molecule has 0 saturated carbocycles. The van der Waals surface area contributed by atoms with E-state index in [9.17, 15) is 4.79 Å². The number of aromatic amines is 1. The molecule has 0 saturated heterocycles. The molecule has 0 radical (unpaired) electrons. The molecule has 2 N–H and O–H groups in total. The van der Waals surface area contributed by atoms with Gasteiger partial charge in [0.25, 0.3) is 5.91 Å². The van der Waals surface area contributed by atoms with E-state index in [1.165, 1.54) is 11.1 Å². The molecule has 0 spiro atoms. The Balaban J connectivity index is 1.79. The lowest BCUT2D eigenvalue weighted by atomic mass is 10.1. The van der Waals surface area contributed by atoms with Gasteiger partial charge in [0.1, 0.15) is 0 Å². The zero-order valence-electron chi connectivity index (χ0n) is 11.4. The molecule has 0 aliphatic carbocycles. The molecule has 2 rings (SSSR count). The summed E-state index contributed by atoms with van der Waals surface area (Å²) in [6.07, 6.45) is 5.52. The molecule has 1 aromatic carbocycles. The third-order valence-corrected chi connectivity index (χ3v) is 3.25. The zero-order valence-corrected chi connectivity index (χ0v) is 11.4. The first-order chi connectivity index (χ1) is 9.16. The minimum absolute atomic E-state index is 0.00436. The first-order valence-electron chi connectivity index (χ1n) is 6.50. The fraction of sp³-hybridized carbons (Fsp3) is 0.333. The molecule has 0 aliphatic heterocycles. The molecule has 1 heterocycles. The SMILES string of the molecule is Cc1ccc(C(=O)NCCCc2cn[nH]c2)cc1C. The first-order valence-corrected chi connectivity index (χ1v) is 6.50. The second-order valence-electron chi connectivity index (χ2n) is 4.77. The predicted octanol–water partition coefficient (Wildman–Crippen LogP) is 2.39. The number of nitrogens with one attached hydrogen (secondary N) is 2. The summed E-state index contributed by atoms with van der Waals surface area (Å²) in [6.45, 7) is 4.74. The van der Waals surface area contributed by atoms with E-state index in [4.69, 9.17) is 0 Å². The Hall–Kier alpha value is -2.10. The van der Waals surface area contributed by atoms with Crippen molar-refractivity contribution in [1.29, 1.82) is 0 Å². The van der Waals surface area contributed by atoms with Crippen LogP contribution in [-0.2, 0) is 6.42 Å². The van der Waals surface area contributed by atoms with Gasteiger partial charge < -0.3 is 5.32 Å². The van der Waals surface area contributed by atoms with Crippen LogP contribution in [0.25, 0.3) is 0 Å². The Morgan fingerprint density at radius 3 is 2.84 bits per heavy atom. The average Bonchev–Trinajstić information content (AvgIpc) is 2.91. The van der Waals surface area contributed by atoms with Crippen molar-refractivity contribution >= 4 is 5.91 Å². The molecule has 4 nitrogen and oxygen atoms in total. The largest absolute Gasteiger partial charge is 0.352 e. The van der Waals surface area contributed by atoms with Crippen molar-refractivity contribution < 1.29 is 4.79 Å². The number of H-pyrrole nitrogens is 1. The fourth-order valence-corrected chi connectivity index (χ4v) is 1.89. The monoisotopic (exact) mass is 257 g/mol. The van der Waals surface area contributed by atoms with Crippen molar-refractivity contribution in [3.63, 3.8) is 0 Å². The molecular weight excluding hydrogens is 238 g/mol. The summed E-state index contributed by atoms with van der Waals surface area (Å²) in [7, 11) is 0. The smallest absolute Gasteiger partial charge is 0.251 e. The van der Waals surface area contributed by atoms with E-state index in [0.29, 0.717) is 6.54 Å². The summed E-state index contributed by atoms with van der Waals surface area (Å²) in [4.78, 5) is 11.9. The number of amides is 1. The van der Waals surface area contributed by atoms with Gasteiger partial charge in [-0.3, -0.25) is 9.89 Å². The third-order valence-electron chi connectivity index (χ3n) is 3.25. The Bertz CT molecular complexity index is 547. The van der Waals surface area contributed by atoms with E-state index in [1.54, 1.807) is 0 Å². The van der Waals surface area contributed by atoms with E-state index in [-0.39, 0.29) is 5.91 Å². The van der Waals surface area contributed by atoms with Crippen molar-refractivity contribution in [3.8, 4) is 0 Å². The zero-order chi connectivity index (χ0) is 13.7. The van der Waals surface area contributed by atoms with Gasteiger partial charge in [-0.15, -0.1) is 0 Å². The van der Waals surface area contributed by atoms with Gasteiger partial charge in [-0.25, -0.2) is 0 Å². The number of hydrogen-bond donors (Lipinski definition) is 2. The topological polar surface area (TPSA) is 57.8 Å². The maximum atomic E-state index is 11.9. The number of carbonyl (C=O) groups is 1. The van der Waals surface area contributed by atoms with Gasteiger partial charge >= 0.3 is 0 Å². The minimum atomic E-state index is -0.00436. The van der Waals surface area contributed by atoms with Crippen LogP contribution in [0.5, 0.6) is 0 Å². The molecule has 1 aromatic heterocycles. The number of nitrogens with zero attached hydrogens (tertiary/aromatic N) is 1. The van der Waals surface area contributed by atoms with Crippen LogP contribution >= 0.6 is 0 Å². The maximum Gasteiger partial charge on any atom is 0.251 e. The summed E-state index contributed by atoms with van der Waals surface area (Å²) < 4.78 is 0. The lowest BCUT2D eigenvalue weighted by Gasteiger charge is -2.06. The van der Waals surface area contributed by atoms with Crippen LogP contribution in [0.15, 0.2) is 30.6 Å².